The number of ether oxygens (including phenoxy) is 1. The Morgan fingerprint density at radius 1 is 1.26 bits per heavy atom. The van der Waals surface area contributed by atoms with Gasteiger partial charge in [-0.1, -0.05) is 56.3 Å². The largest absolute Gasteiger partial charge is 0.444 e. The van der Waals surface area contributed by atoms with Gasteiger partial charge in [-0.2, -0.15) is 0 Å². The summed E-state index contributed by atoms with van der Waals surface area (Å²) in [7, 11) is 0. The van der Waals surface area contributed by atoms with Crippen LogP contribution in [0.1, 0.15) is 40.2 Å². The summed E-state index contributed by atoms with van der Waals surface area (Å²) in [6.45, 7) is 10.1. The molecular formula is C19H29NO3. The van der Waals surface area contributed by atoms with Crippen molar-refractivity contribution >= 4 is 6.09 Å². The quantitative estimate of drug-likeness (QED) is 0.806. The molecule has 0 radical (unpaired) electrons. The number of benzene rings is 1. The van der Waals surface area contributed by atoms with E-state index in [1.165, 1.54) is 0 Å². The van der Waals surface area contributed by atoms with E-state index in [9.17, 15) is 4.79 Å². The number of nitrogens with zero attached hydrogens (tertiary/aromatic N) is 1. The van der Waals surface area contributed by atoms with Crippen molar-refractivity contribution in [1.82, 2.24) is 4.90 Å². The van der Waals surface area contributed by atoms with Gasteiger partial charge in [0.2, 0.25) is 0 Å². The molecule has 0 aliphatic carbocycles. The molecule has 1 N–H and O–H groups in total. The van der Waals surface area contributed by atoms with E-state index in [4.69, 9.17) is 9.84 Å². The maximum atomic E-state index is 12.7. The first-order valence-corrected chi connectivity index (χ1v) is 8.05. The van der Waals surface area contributed by atoms with Gasteiger partial charge in [-0.25, -0.2) is 4.79 Å². The van der Waals surface area contributed by atoms with Gasteiger partial charge in [0.15, 0.2) is 0 Å². The van der Waals surface area contributed by atoms with E-state index in [1.807, 2.05) is 57.2 Å². The lowest BCUT2D eigenvalue weighted by Gasteiger charge is -2.34. The van der Waals surface area contributed by atoms with E-state index >= 15 is 0 Å². The van der Waals surface area contributed by atoms with Crippen molar-refractivity contribution in [3.8, 4) is 0 Å². The van der Waals surface area contributed by atoms with Crippen LogP contribution < -0.4 is 0 Å². The minimum absolute atomic E-state index is 0.0449. The van der Waals surface area contributed by atoms with Crippen molar-refractivity contribution in [2.45, 2.75) is 52.8 Å². The highest BCUT2D eigenvalue weighted by atomic mass is 16.6. The molecule has 0 aliphatic rings. The fraction of sp³-hybridized carbons (Fsp3) is 0.526. The third kappa shape index (κ3) is 6.87. The van der Waals surface area contributed by atoms with Gasteiger partial charge < -0.3 is 9.84 Å². The predicted octanol–water partition coefficient (Wildman–Crippen LogP) is 4.00. The summed E-state index contributed by atoms with van der Waals surface area (Å²) >= 11 is 0. The number of hydrogen-bond acceptors (Lipinski definition) is 3. The van der Waals surface area contributed by atoms with Crippen LogP contribution in [0.3, 0.4) is 0 Å². The molecule has 0 saturated heterocycles. The van der Waals surface area contributed by atoms with Crippen LogP contribution in [-0.2, 0) is 11.3 Å². The maximum Gasteiger partial charge on any atom is 0.411 e. The van der Waals surface area contributed by atoms with Crippen LogP contribution in [0.4, 0.5) is 4.79 Å². The molecule has 0 aliphatic heterocycles. The standard InChI is InChI=1S/C19H29NO3/c1-15(2)17(12-9-13-21)20(18(22)23-19(3,4)5)14-16-10-7-6-8-11-16/h6-12,15,17,21H,13-14H2,1-5H3/b12-9+/t17-/m1/s1. The Morgan fingerprint density at radius 3 is 2.35 bits per heavy atom. The summed E-state index contributed by atoms with van der Waals surface area (Å²) < 4.78 is 5.57. The van der Waals surface area contributed by atoms with E-state index < -0.39 is 5.60 Å². The van der Waals surface area contributed by atoms with Crippen molar-refractivity contribution < 1.29 is 14.6 Å². The normalized spacial score (nSPS) is 13.3. The third-order valence-corrected chi connectivity index (χ3v) is 3.31. The number of carbonyl (C=O) groups is 1. The average Bonchev–Trinajstić information content (AvgIpc) is 2.45. The molecule has 1 aromatic carbocycles. The minimum atomic E-state index is -0.547. The van der Waals surface area contributed by atoms with Crippen molar-refractivity contribution in [1.29, 1.82) is 0 Å². The van der Waals surface area contributed by atoms with E-state index in [0.29, 0.717) is 6.54 Å². The minimum Gasteiger partial charge on any atom is -0.444 e. The summed E-state index contributed by atoms with van der Waals surface area (Å²) in [4.78, 5) is 14.4. The molecule has 0 heterocycles. The number of carbonyl (C=O) groups excluding carboxylic acids is 1. The van der Waals surface area contributed by atoms with Crippen LogP contribution in [0, 0.1) is 5.92 Å². The van der Waals surface area contributed by atoms with Crippen LogP contribution in [0.25, 0.3) is 0 Å². The highest BCUT2D eigenvalue weighted by molar-refractivity contribution is 5.69. The monoisotopic (exact) mass is 319 g/mol. The van der Waals surface area contributed by atoms with Crippen LogP contribution in [-0.4, -0.2) is 34.3 Å². The molecule has 4 heteroatoms. The lowest BCUT2D eigenvalue weighted by molar-refractivity contribution is 0.0140. The highest BCUT2D eigenvalue weighted by Gasteiger charge is 2.28. The third-order valence-electron chi connectivity index (χ3n) is 3.31. The zero-order valence-electron chi connectivity index (χ0n) is 14.8. The Labute approximate surface area is 139 Å². The lowest BCUT2D eigenvalue weighted by atomic mass is 10.0. The van der Waals surface area contributed by atoms with Gasteiger partial charge in [-0.3, -0.25) is 4.90 Å². The maximum absolute atomic E-state index is 12.7. The molecule has 0 fully saturated rings. The van der Waals surface area contributed by atoms with Gasteiger partial charge in [0.25, 0.3) is 0 Å². The van der Waals surface area contributed by atoms with Gasteiger partial charge >= 0.3 is 6.09 Å². The fourth-order valence-electron chi connectivity index (χ4n) is 2.28. The molecule has 0 unspecified atom stereocenters. The Morgan fingerprint density at radius 2 is 1.87 bits per heavy atom. The van der Waals surface area contributed by atoms with Gasteiger partial charge in [-0.15, -0.1) is 0 Å². The van der Waals surface area contributed by atoms with Crippen molar-refractivity contribution in [2.24, 2.45) is 5.92 Å². The molecule has 0 bridgehead atoms. The van der Waals surface area contributed by atoms with Crippen LogP contribution in [0.5, 0.6) is 0 Å². The first kappa shape index (κ1) is 19.2. The van der Waals surface area contributed by atoms with Crippen LogP contribution >= 0.6 is 0 Å². The first-order chi connectivity index (χ1) is 10.7. The molecule has 128 valence electrons. The topological polar surface area (TPSA) is 49.8 Å². The highest BCUT2D eigenvalue weighted by Crippen LogP contribution is 2.20. The Kier molecular flexibility index (Phi) is 7.30. The zero-order chi connectivity index (χ0) is 17.5. The van der Waals surface area contributed by atoms with E-state index in [2.05, 4.69) is 13.8 Å². The number of amides is 1. The smallest absolute Gasteiger partial charge is 0.411 e. The zero-order valence-corrected chi connectivity index (χ0v) is 14.8. The van der Waals surface area contributed by atoms with Crippen LogP contribution in [0.15, 0.2) is 42.5 Å². The number of aliphatic hydroxyl groups is 1. The second-order valence-corrected chi connectivity index (χ2v) is 6.94. The van der Waals surface area contributed by atoms with E-state index in [0.717, 1.165) is 5.56 Å². The summed E-state index contributed by atoms with van der Waals surface area (Å²) in [5, 5.41) is 9.07. The first-order valence-electron chi connectivity index (χ1n) is 8.05. The second kappa shape index (κ2) is 8.73. The van der Waals surface area contributed by atoms with E-state index in [1.54, 1.807) is 11.0 Å². The van der Waals surface area contributed by atoms with Crippen LogP contribution in [0.2, 0.25) is 0 Å². The van der Waals surface area contributed by atoms with Gasteiger partial charge in [0.1, 0.15) is 5.60 Å². The lowest BCUT2D eigenvalue weighted by Crippen LogP contribution is -2.44. The predicted molar refractivity (Wildman–Crippen MR) is 93.1 cm³/mol. The fourth-order valence-corrected chi connectivity index (χ4v) is 2.28. The average molecular weight is 319 g/mol. The number of aliphatic hydroxyl groups excluding tert-OH is 1. The summed E-state index contributed by atoms with van der Waals surface area (Å²) in [6, 6.07) is 9.70. The second-order valence-electron chi connectivity index (χ2n) is 6.94. The summed E-state index contributed by atoms with van der Waals surface area (Å²) in [5.41, 5.74) is 0.496. The molecule has 1 amide bonds. The summed E-state index contributed by atoms with van der Waals surface area (Å²) in [6.07, 6.45) is 3.20. The Bertz CT molecular complexity index is 503. The molecule has 1 aromatic rings. The molecule has 1 rings (SSSR count). The number of rotatable bonds is 6. The summed E-state index contributed by atoms with van der Waals surface area (Å²) in [5.74, 6) is 0.203. The molecule has 0 saturated carbocycles. The van der Waals surface area contributed by atoms with Gasteiger partial charge in [0, 0.05) is 6.54 Å². The van der Waals surface area contributed by atoms with Crippen molar-refractivity contribution in [2.75, 3.05) is 6.61 Å². The van der Waals surface area contributed by atoms with Gasteiger partial charge in [0.05, 0.1) is 12.6 Å². The van der Waals surface area contributed by atoms with Crippen molar-refractivity contribution in [3.63, 3.8) is 0 Å². The van der Waals surface area contributed by atoms with Crippen molar-refractivity contribution in [3.05, 3.63) is 48.0 Å². The Balaban J connectivity index is 3.07. The van der Waals surface area contributed by atoms with E-state index in [-0.39, 0.29) is 24.7 Å². The number of hydrogen-bond donors (Lipinski definition) is 1. The molecular weight excluding hydrogens is 290 g/mol. The van der Waals surface area contributed by atoms with Gasteiger partial charge in [-0.05, 0) is 32.3 Å². The molecule has 23 heavy (non-hydrogen) atoms. The molecule has 1 atom stereocenters. The molecule has 4 nitrogen and oxygen atoms in total. The molecule has 0 spiro atoms. The molecule has 0 aromatic heterocycles. The Hall–Kier alpha value is -1.81. The SMILES string of the molecule is CC(C)[C@@H](/C=C/CO)N(Cc1ccccc1)C(=O)OC(C)(C)C.